The minimum absolute atomic E-state index is 0.0335. The summed E-state index contributed by atoms with van der Waals surface area (Å²) in [4.78, 5) is 29.4. The number of ether oxygens (including phenoxy) is 1. The Morgan fingerprint density at radius 3 is 2.54 bits per heavy atom. The molecule has 7 nitrogen and oxygen atoms in total. The Morgan fingerprint density at radius 1 is 1.18 bits per heavy atom. The van der Waals surface area contributed by atoms with Gasteiger partial charge in [-0.1, -0.05) is 12.1 Å². The van der Waals surface area contributed by atoms with Gasteiger partial charge in [-0.25, -0.2) is 0 Å². The van der Waals surface area contributed by atoms with Gasteiger partial charge in [0, 0.05) is 43.6 Å². The van der Waals surface area contributed by atoms with E-state index in [1.54, 1.807) is 23.8 Å². The van der Waals surface area contributed by atoms with E-state index in [0.717, 1.165) is 44.8 Å². The van der Waals surface area contributed by atoms with Gasteiger partial charge in [0.15, 0.2) is 0 Å². The van der Waals surface area contributed by atoms with Crippen molar-refractivity contribution in [2.75, 3.05) is 38.2 Å². The Hall–Kier alpha value is -2.85. The summed E-state index contributed by atoms with van der Waals surface area (Å²) >= 11 is 0. The first-order valence-electron chi connectivity index (χ1n) is 13.9. The third kappa shape index (κ3) is 5.59. The number of amides is 1. The number of nitrogens with zero attached hydrogens (tertiary/aromatic N) is 2. The van der Waals surface area contributed by atoms with E-state index in [1.807, 2.05) is 0 Å². The van der Waals surface area contributed by atoms with Crippen molar-refractivity contribution in [3.05, 3.63) is 63.1 Å². The molecule has 1 atom stereocenters. The average Bonchev–Trinajstić information content (AvgIpc) is 3.48. The van der Waals surface area contributed by atoms with Crippen molar-refractivity contribution in [1.82, 2.24) is 14.8 Å². The predicted octanol–water partition coefficient (Wildman–Crippen LogP) is 5.06. The maximum absolute atomic E-state index is 13.7. The number of carbonyl (C=O) groups excluding carboxylic acids is 1. The van der Waals surface area contributed by atoms with E-state index >= 15 is 0 Å². The Bertz CT molecular complexity index is 1260. The van der Waals surface area contributed by atoms with Gasteiger partial charge in [-0.2, -0.15) is 13.2 Å². The molecule has 2 N–H and O–H groups in total. The second kappa shape index (κ2) is 11.0. The third-order valence-corrected chi connectivity index (χ3v) is 8.82. The van der Waals surface area contributed by atoms with Crippen molar-refractivity contribution >= 4 is 11.6 Å². The highest BCUT2D eigenvalue weighted by Crippen LogP contribution is 2.39. The van der Waals surface area contributed by atoms with Crippen LogP contribution in [-0.2, 0) is 10.9 Å². The molecule has 3 aliphatic rings. The molecule has 1 aromatic carbocycles. The maximum Gasteiger partial charge on any atom is 0.416 e. The highest BCUT2D eigenvalue weighted by atomic mass is 19.4. The van der Waals surface area contributed by atoms with E-state index in [4.69, 9.17) is 4.74 Å². The molecular formula is C29H37F3N4O3. The van der Waals surface area contributed by atoms with Crippen LogP contribution in [0.5, 0.6) is 0 Å². The summed E-state index contributed by atoms with van der Waals surface area (Å²) in [5, 5.41) is 6.33. The number of hydrogen-bond acceptors (Lipinski definition) is 5. The molecule has 3 saturated heterocycles. The summed E-state index contributed by atoms with van der Waals surface area (Å²) < 4.78 is 47.6. The van der Waals surface area contributed by atoms with E-state index in [1.165, 1.54) is 19.1 Å². The molecule has 3 fully saturated rings. The summed E-state index contributed by atoms with van der Waals surface area (Å²) in [7, 11) is 0. The molecule has 1 unspecified atom stereocenters. The van der Waals surface area contributed by atoms with Crippen LogP contribution in [0.1, 0.15) is 84.6 Å². The summed E-state index contributed by atoms with van der Waals surface area (Å²) in [5.74, 6) is -0.435. The number of nitrogens with one attached hydrogen (secondary N) is 2. The lowest BCUT2D eigenvalue weighted by Gasteiger charge is -2.33. The molecule has 0 saturated carbocycles. The lowest BCUT2D eigenvalue weighted by molar-refractivity contribution is -0.138. The SMILES string of the molecule is Cc1c(C(C)NC(=O)c2cn(C3CCOCC3)c(=O)cc2NCC23CCCN2CCC3)cccc1C(F)(F)F. The Labute approximate surface area is 226 Å². The van der Waals surface area contributed by atoms with Crippen LogP contribution in [0.4, 0.5) is 18.9 Å². The van der Waals surface area contributed by atoms with Crippen molar-refractivity contribution in [3.63, 3.8) is 0 Å². The fourth-order valence-corrected chi connectivity index (χ4v) is 6.68. The van der Waals surface area contributed by atoms with Crippen LogP contribution in [-0.4, -0.2) is 53.8 Å². The molecule has 4 heterocycles. The second-order valence-corrected chi connectivity index (χ2v) is 11.2. The van der Waals surface area contributed by atoms with Gasteiger partial charge in [-0.05, 0) is 82.7 Å². The Morgan fingerprint density at radius 2 is 1.87 bits per heavy atom. The standard InChI is InChI=1S/C29H37F3N4O3/c1-19-22(6-3-7-24(19)29(30,31)32)20(2)34-27(38)23-17-36(21-8-14-39-15-9-21)26(37)16-25(23)33-18-28-10-4-12-35(28)13-5-11-28/h3,6-7,16-17,20-21,33H,4-5,8-15,18H2,1-2H3,(H,34,38). The largest absolute Gasteiger partial charge is 0.416 e. The van der Waals surface area contributed by atoms with Crippen LogP contribution in [0.25, 0.3) is 0 Å². The van der Waals surface area contributed by atoms with Gasteiger partial charge < -0.3 is 19.9 Å². The van der Waals surface area contributed by atoms with Gasteiger partial charge in [0.1, 0.15) is 0 Å². The number of benzene rings is 1. The number of pyridine rings is 1. The van der Waals surface area contributed by atoms with Crippen LogP contribution >= 0.6 is 0 Å². The molecule has 1 aromatic heterocycles. The Kier molecular flexibility index (Phi) is 7.79. The second-order valence-electron chi connectivity index (χ2n) is 11.2. The summed E-state index contributed by atoms with van der Waals surface area (Å²) in [5.41, 5.74) is 0.398. The number of fused-ring (bicyclic) bond motifs is 1. The zero-order valence-electron chi connectivity index (χ0n) is 22.6. The van der Waals surface area contributed by atoms with Gasteiger partial charge in [-0.15, -0.1) is 0 Å². The topological polar surface area (TPSA) is 75.6 Å². The van der Waals surface area contributed by atoms with E-state index in [9.17, 15) is 22.8 Å². The Balaban J connectivity index is 1.44. The molecule has 1 amide bonds. The number of alkyl halides is 3. The van der Waals surface area contributed by atoms with Crippen LogP contribution in [0, 0.1) is 6.92 Å². The fraction of sp³-hybridized carbons (Fsp3) is 0.586. The quantitative estimate of drug-likeness (QED) is 0.508. The van der Waals surface area contributed by atoms with Crippen molar-refractivity contribution < 1.29 is 22.7 Å². The van der Waals surface area contributed by atoms with Crippen molar-refractivity contribution in [2.45, 2.75) is 76.2 Å². The number of hydrogen-bond donors (Lipinski definition) is 2. The molecule has 212 valence electrons. The zero-order valence-corrected chi connectivity index (χ0v) is 22.6. The van der Waals surface area contributed by atoms with Gasteiger partial charge in [0.25, 0.3) is 11.5 Å². The zero-order chi connectivity index (χ0) is 27.8. The lowest BCUT2D eigenvalue weighted by atomic mass is 9.94. The minimum Gasteiger partial charge on any atom is -0.382 e. The number of halogens is 3. The molecule has 5 rings (SSSR count). The summed E-state index contributed by atoms with van der Waals surface area (Å²) in [6, 6.07) is 4.76. The molecule has 0 spiro atoms. The monoisotopic (exact) mass is 546 g/mol. The fourth-order valence-electron chi connectivity index (χ4n) is 6.68. The predicted molar refractivity (Wildman–Crippen MR) is 143 cm³/mol. The number of aromatic nitrogens is 1. The molecule has 0 aliphatic carbocycles. The van der Waals surface area contributed by atoms with Gasteiger partial charge >= 0.3 is 6.18 Å². The van der Waals surface area contributed by atoms with Gasteiger partial charge in [-0.3, -0.25) is 14.5 Å². The highest BCUT2D eigenvalue weighted by Gasteiger charge is 2.44. The molecule has 0 radical (unpaired) electrons. The average molecular weight is 547 g/mol. The number of carbonyl (C=O) groups is 1. The number of rotatable bonds is 7. The minimum atomic E-state index is -4.48. The molecule has 3 aliphatic heterocycles. The number of anilines is 1. The normalized spacial score (nSPS) is 20.5. The molecule has 0 bridgehead atoms. The molecular weight excluding hydrogens is 509 g/mol. The molecule has 10 heteroatoms. The smallest absolute Gasteiger partial charge is 0.382 e. The third-order valence-electron chi connectivity index (χ3n) is 8.82. The highest BCUT2D eigenvalue weighted by molar-refractivity contribution is 5.99. The lowest BCUT2D eigenvalue weighted by Crippen LogP contribution is -2.44. The van der Waals surface area contributed by atoms with Crippen molar-refractivity contribution in [1.29, 1.82) is 0 Å². The van der Waals surface area contributed by atoms with E-state index in [2.05, 4.69) is 15.5 Å². The van der Waals surface area contributed by atoms with E-state index < -0.39 is 23.7 Å². The summed E-state index contributed by atoms with van der Waals surface area (Å²) in [6.45, 7) is 6.95. The first-order valence-corrected chi connectivity index (χ1v) is 13.9. The van der Waals surface area contributed by atoms with Crippen LogP contribution < -0.4 is 16.2 Å². The van der Waals surface area contributed by atoms with Gasteiger partial charge in [0.05, 0.1) is 22.9 Å². The maximum atomic E-state index is 13.7. The van der Waals surface area contributed by atoms with Crippen LogP contribution in [0.3, 0.4) is 0 Å². The molecule has 2 aromatic rings. The first kappa shape index (κ1) is 27.7. The van der Waals surface area contributed by atoms with Crippen LogP contribution in [0.2, 0.25) is 0 Å². The molecule has 39 heavy (non-hydrogen) atoms. The van der Waals surface area contributed by atoms with E-state index in [-0.39, 0.29) is 22.7 Å². The van der Waals surface area contributed by atoms with Gasteiger partial charge in [0.2, 0.25) is 0 Å². The summed E-state index contributed by atoms with van der Waals surface area (Å²) in [6.07, 6.45) is 2.90. The van der Waals surface area contributed by atoms with Crippen molar-refractivity contribution in [3.8, 4) is 0 Å². The first-order chi connectivity index (χ1) is 18.6. The van der Waals surface area contributed by atoms with E-state index in [0.29, 0.717) is 49.4 Å². The van der Waals surface area contributed by atoms with Crippen molar-refractivity contribution in [2.24, 2.45) is 0 Å². The van der Waals surface area contributed by atoms with Crippen LogP contribution in [0.15, 0.2) is 35.3 Å².